The van der Waals surface area contributed by atoms with Crippen LogP contribution >= 0.6 is 7.92 Å². The number of rotatable bonds is 4. The zero-order valence-electron chi connectivity index (χ0n) is 17.6. The van der Waals surface area contributed by atoms with Crippen LogP contribution < -0.4 is 19.7 Å². The molecule has 0 N–H and O–H groups in total. The number of hydrogen-bond donors (Lipinski definition) is 0. The van der Waals surface area contributed by atoms with Gasteiger partial charge in [-0.15, -0.1) is 0 Å². The standard InChI is InChI=1S/C24H27N2O2P/c1-24(2,3)29-22-19(14-10-15-20(22)27-4)26(17-11-7-6-8-12-17)23(29)18-13-9-16-21(25-18)28-5/h6-16,23H,1-5H3. The van der Waals surface area contributed by atoms with Crippen molar-refractivity contribution in [2.45, 2.75) is 31.7 Å². The second-order valence-corrected chi connectivity index (χ2v) is 11.1. The molecule has 1 aromatic heterocycles. The lowest BCUT2D eigenvalue weighted by atomic mass is 10.2. The summed E-state index contributed by atoms with van der Waals surface area (Å²) >= 11 is 0. The summed E-state index contributed by atoms with van der Waals surface area (Å²) in [6.45, 7) is 6.95. The highest BCUT2D eigenvalue weighted by Gasteiger charge is 2.47. The maximum absolute atomic E-state index is 5.84. The van der Waals surface area contributed by atoms with E-state index in [1.165, 1.54) is 11.0 Å². The van der Waals surface area contributed by atoms with Gasteiger partial charge >= 0.3 is 0 Å². The fourth-order valence-electron chi connectivity index (χ4n) is 4.01. The van der Waals surface area contributed by atoms with Gasteiger partial charge in [-0.3, -0.25) is 0 Å². The molecule has 3 aromatic rings. The lowest BCUT2D eigenvalue weighted by molar-refractivity contribution is 0.396. The largest absolute Gasteiger partial charge is 0.496 e. The predicted octanol–water partition coefficient (Wildman–Crippen LogP) is 5.86. The molecule has 0 aliphatic carbocycles. The molecular formula is C24H27N2O2P. The average molecular weight is 406 g/mol. The molecule has 0 fully saturated rings. The smallest absolute Gasteiger partial charge is 0.213 e. The molecule has 4 nitrogen and oxygen atoms in total. The van der Waals surface area contributed by atoms with E-state index in [9.17, 15) is 0 Å². The Kier molecular flexibility index (Phi) is 5.23. The zero-order chi connectivity index (χ0) is 20.6. The number of nitrogens with zero attached hydrogens (tertiary/aromatic N) is 2. The number of hydrogen-bond acceptors (Lipinski definition) is 4. The first-order chi connectivity index (χ1) is 14.0. The molecule has 1 aliphatic heterocycles. The van der Waals surface area contributed by atoms with E-state index in [1.807, 2.05) is 12.1 Å². The zero-order valence-corrected chi connectivity index (χ0v) is 18.5. The van der Waals surface area contributed by atoms with Crippen LogP contribution in [0.2, 0.25) is 0 Å². The van der Waals surface area contributed by atoms with Crippen molar-refractivity contribution in [3.05, 3.63) is 72.4 Å². The summed E-state index contributed by atoms with van der Waals surface area (Å²) in [7, 11) is 2.76. The average Bonchev–Trinajstić information content (AvgIpc) is 3.10. The van der Waals surface area contributed by atoms with Crippen LogP contribution in [0.25, 0.3) is 0 Å². The van der Waals surface area contributed by atoms with Crippen LogP contribution in [0, 0.1) is 0 Å². The van der Waals surface area contributed by atoms with Gasteiger partial charge in [-0.1, -0.05) is 51.1 Å². The molecule has 2 aromatic carbocycles. The first-order valence-corrected chi connectivity index (χ1v) is 11.2. The molecule has 2 heterocycles. The van der Waals surface area contributed by atoms with Crippen molar-refractivity contribution in [1.29, 1.82) is 0 Å². The number of para-hydroxylation sites is 1. The number of aromatic nitrogens is 1. The summed E-state index contributed by atoms with van der Waals surface area (Å²) in [6.07, 6.45) is 0. The van der Waals surface area contributed by atoms with Gasteiger partial charge in [0.05, 0.1) is 25.6 Å². The van der Waals surface area contributed by atoms with Crippen molar-refractivity contribution < 1.29 is 9.47 Å². The van der Waals surface area contributed by atoms with Gasteiger partial charge < -0.3 is 14.4 Å². The molecular weight excluding hydrogens is 379 g/mol. The van der Waals surface area contributed by atoms with Crippen LogP contribution in [0.4, 0.5) is 11.4 Å². The summed E-state index contributed by atoms with van der Waals surface area (Å²) in [5.74, 6) is 1.69. The van der Waals surface area contributed by atoms with Crippen LogP contribution in [0.1, 0.15) is 32.2 Å². The van der Waals surface area contributed by atoms with Gasteiger partial charge in [0.1, 0.15) is 11.5 Å². The molecule has 0 bridgehead atoms. The molecule has 0 saturated heterocycles. The second kappa shape index (κ2) is 7.68. The Morgan fingerprint density at radius 2 is 1.59 bits per heavy atom. The summed E-state index contributed by atoms with van der Waals surface area (Å²) in [5.41, 5.74) is 3.38. The Morgan fingerprint density at radius 1 is 0.862 bits per heavy atom. The molecule has 150 valence electrons. The quantitative estimate of drug-likeness (QED) is 0.509. The van der Waals surface area contributed by atoms with E-state index in [0.29, 0.717) is 5.88 Å². The van der Waals surface area contributed by atoms with Crippen molar-refractivity contribution in [2.75, 3.05) is 19.1 Å². The molecule has 0 saturated carbocycles. The topological polar surface area (TPSA) is 34.6 Å². The van der Waals surface area contributed by atoms with E-state index in [0.717, 1.165) is 17.1 Å². The highest BCUT2D eigenvalue weighted by molar-refractivity contribution is 7.68. The molecule has 1 aliphatic rings. The maximum atomic E-state index is 5.84. The van der Waals surface area contributed by atoms with Crippen molar-refractivity contribution >= 4 is 24.6 Å². The van der Waals surface area contributed by atoms with Gasteiger partial charge in [-0.25, -0.2) is 4.98 Å². The highest BCUT2D eigenvalue weighted by Crippen LogP contribution is 2.69. The first-order valence-electron chi connectivity index (χ1n) is 9.77. The molecule has 5 heteroatoms. The second-order valence-electron chi connectivity index (χ2n) is 8.05. The van der Waals surface area contributed by atoms with Gasteiger partial charge in [-0.05, 0) is 43.4 Å². The number of fused-ring (bicyclic) bond motifs is 1. The molecule has 2 atom stereocenters. The van der Waals surface area contributed by atoms with Crippen LogP contribution in [0.15, 0.2) is 66.7 Å². The van der Waals surface area contributed by atoms with E-state index in [-0.39, 0.29) is 10.9 Å². The van der Waals surface area contributed by atoms with E-state index in [1.54, 1.807) is 14.2 Å². The van der Waals surface area contributed by atoms with Crippen LogP contribution in [0.5, 0.6) is 11.6 Å². The predicted molar refractivity (Wildman–Crippen MR) is 121 cm³/mol. The molecule has 29 heavy (non-hydrogen) atoms. The first kappa shape index (κ1) is 19.7. The van der Waals surface area contributed by atoms with Crippen molar-refractivity contribution in [3.8, 4) is 11.6 Å². The monoisotopic (exact) mass is 406 g/mol. The van der Waals surface area contributed by atoms with E-state index < -0.39 is 7.92 Å². The molecule has 0 radical (unpaired) electrons. The van der Waals surface area contributed by atoms with Crippen molar-refractivity contribution in [1.82, 2.24) is 4.98 Å². The third-order valence-corrected chi connectivity index (χ3v) is 8.52. The minimum Gasteiger partial charge on any atom is -0.496 e. The third-order valence-electron chi connectivity index (χ3n) is 5.16. The Morgan fingerprint density at radius 3 is 2.24 bits per heavy atom. The fraction of sp³-hybridized carbons (Fsp3) is 0.292. The van der Waals surface area contributed by atoms with Crippen LogP contribution in [-0.4, -0.2) is 24.4 Å². The fourth-order valence-corrected chi connectivity index (χ4v) is 7.38. The lowest BCUT2D eigenvalue weighted by Gasteiger charge is -2.36. The Labute approximate surface area is 174 Å². The number of methoxy groups -OCH3 is 2. The van der Waals surface area contributed by atoms with Crippen LogP contribution in [-0.2, 0) is 0 Å². The summed E-state index contributed by atoms with van der Waals surface area (Å²) in [5, 5.41) is 1.36. The highest BCUT2D eigenvalue weighted by atomic mass is 31.1. The number of ether oxygens (including phenoxy) is 2. The lowest BCUT2D eigenvalue weighted by Crippen LogP contribution is -2.24. The summed E-state index contributed by atoms with van der Waals surface area (Å²) in [6, 6.07) is 22.9. The third kappa shape index (κ3) is 3.47. The van der Waals surface area contributed by atoms with E-state index in [4.69, 9.17) is 14.5 Å². The molecule has 2 unspecified atom stereocenters. The van der Waals surface area contributed by atoms with Crippen molar-refractivity contribution in [3.63, 3.8) is 0 Å². The Balaban J connectivity index is 2.01. The minimum absolute atomic E-state index is 0.0532. The van der Waals surface area contributed by atoms with E-state index >= 15 is 0 Å². The minimum atomic E-state index is -0.666. The Bertz CT molecular complexity index is 1000. The number of benzene rings is 2. The summed E-state index contributed by atoms with van der Waals surface area (Å²) in [4.78, 5) is 7.29. The maximum Gasteiger partial charge on any atom is 0.213 e. The van der Waals surface area contributed by atoms with E-state index in [2.05, 4.69) is 80.3 Å². The van der Waals surface area contributed by atoms with Crippen LogP contribution in [0.3, 0.4) is 0 Å². The number of anilines is 2. The van der Waals surface area contributed by atoms with Gasteiger partial charge in [-0.2, -0.15) is 0 Å². The van der Waals surface area contributed by atoms with Gasteiger partial charge in [0, 0.05) is 17.1 Å². The SMILES string of the molecule is COc1cccc(C2N(c3ccccc3)c3cccc(OC)c3P2C(C)(C)C)n1. The number of pyridine rings is 1. The summed E-state index contributed by atoms with van der Waals surface area (Å²) < 4.78 is 11.3. The normalized spacial score (nSPS) is 18.4. The Hall–Kier alpha value is -2.58. The molecule has 0 spiro atoms. The van der Waals surface area contributed by atoms with Gasteiger partial charge in [0.15, 0.2) is 0 Å². The van der Waals surface area contributed by atoms with Gasteiger partial charge in [0.25, 0.3) is 0 Å². The molecule has 4 rings (SSSR count). The van der Waals surface area contributed by atoms with Crippen molar-refractivity contribution in [2.24, 2.45) is 0 Å². The molecule has 0 amide bonds. The van der Waals surface area contributed by atoms with Gasteiger partial charge in [0.2, 0.25) is 5.88 Å².